The third-order valence-electron chi connectivity index (χ3n) is 5.63. The largest absolute Gasteiger partial charge is 0.489 e. The summed E-state index contributed by atoms with van der Waals surface area (Å²) in [5.41, 5.74) is 2.68. The highest BCUT2D eigenvalue weighted by Crippen LogP contribution is 2.48. The summed E-state index contributed by atoms with van der Waals surface area (Å²) >= 11 is 0. The number of aromatic nitrogens is 1. The highest BCUT2D eigenvalue weighted by molar-refractivity contribution is 5.83. The normalized spacial score (nSPS) is 18.1. The minimum absolute atomic E-state index is 0.0243. The van der Waals surface area contributed by atoms with E-state index in [1.807, 2.05) is 54.6 Å². The molecule has 1 N–H and O–H groups in total. The lowest BCUT2D eigenvalue weighted by Crippen LogP contribution is -2.29. The van der Waals surface area contributed by atoms with Gasteiger partial charge in [-0.2, -0.15) is 13.2 Å². The molecule has 3 atom stereocenters. The molecule has 0 saturated heterocycles. The molecule has 3 aromatic rings. The number of alkyl halides is 3. The van der Waals surface area contributed by atoms with Gasteiger partial charge in [-0.15, -0.1) is 0 Å². The molecule has 5 nitrogen and oxygen atoms in total. The second kappa shape index (κ2) is 10.2. The van der Waals surface area contributed by atoms with Crippen LogP contribution in [0.25, 0.3) is 0 Å². The van der Waals surface area contributed by atoms with E-state index in [4.69, 9.17) is 4.74 Å². The molecule has 8 heteroatoms. The van der Waals surface area contributed by atoms with E-state index in [0.717, 1.165) is 23.3 Å². The first-order chi connectivity index (χ1) is 16.3. The minimum Gasteiger partial charge on any atom is -0.489 e. The van der Waals surface area contributed by atoms with E-state index in [1.165, 1.54) is 12.3 Å². The lowest BCUT2D eigenvalue weighted by molar-refractivity contribution is -0.153. The van der Waals surface area contributed by atoms with E-state index < -0.39 is 12.8 Å². The van der Waals surface area contributed by atoms with Crippen molar-refractivity contribution in [2.75, 3.05) is 6.61 Å². The van der Waals surface area contributed by atoms with Gasteiger partial charge in [0.15, 0.2) is 6.61 Å². The first-order valence-corrected chi connectivity index (χ1v) is 11.0. The van der Waals surface area contributed by atoms with Gasteiger partial charge in [0.05, 0.1) is 17.9 Å². The Bertz CT molecular complexity index is 1100. The number of hydrogen-bond acceptors (Lipinski definition) is 4. The molecule has 0 radical (unpaired) electrons. The van der Waals surface area contributed by atoms with Crippen LogP contribution in [0.1, 0.15) is 42.1 Å². The summed E-state index contributed by atoms with van der Waals surface area (Å²) in [5.74, 6) is 0.695. The fraction of sp³-hybridized carbons (Fsp3) is 0.308. The topological polar surface area (TPSA) is 60.5 Å². The van der Waals surface area contributed by atoms with Crippen LogP contribution in [0, 0.1) is 5.92 Å². The van der Waals surface area contributed by atoms with Crippen molar-refractivity contribution in [1.82, 2.24) is 10.3 Å². The van der Waals surface area contributed by atoms with Gasteiger partial charge in [-0.25, -0.2) is 0 Å². The zero-order chi connectivity index (χ0) is 24.1. The molecule has 1 aliphatic rings. The summed E-state index contributed by atoms with van der Waals surface area (Å²) in [7, 11) is 0. The predicted octanol–water partition coefficient (Wildman–Crippen LogP) is 5.58. The number of ether oxygens (including phenoxy) is 2. The van der Waals surface area contributed by atoms with Gasteiger partial charge in [0.1, 0.15) is 18.1 Å². The highest BCUT2D eigenvalue weighted by atomic mass is 19.4. The Morgan fingerprint density at radius 3 is 2.56 bits per heavy atom. The molecule has 2 aromatic carbocycles. The maximum Gasteiger partial charge on any atom is 0.422 e. The summed E-state index contributed by atoms with van der Waals surface area (Å²) in [6, 6.07) is 20.3. The number of nitrogens with one attached hydrogen (secondary N) is 1. The number of pyridine rings is 1. The molecule has 1 heterocycles. The fourth-order valence-electron chi connectivity index (χ4n) is 3.72. The molecular weight excluding hydrogens is 445 g/mol. The summed E-state index contributed by atoms with van der Waals surface area (Å²) in [6.45, 7) is 0.886. The van der Waals surface area contributed by atoms with Crippen LogP contribution in [-0.4, -0.2) is 23.7 Å². The number of hydrogen-bond donors (Lipinski definition) is 1. The monoisotopic (exact) mass is 470 g/mol. The Hall–Kier alpha value is -3.55. The van der Waals surface area contributed by atoms with Crippen LogP contribution in [0.4, 0.5) is 13.2 Å². The molecule has 0 spiro atoms. The maximum absolute atomic E-state index is 12.7. The van der Waals surface area contributed by atoms with Gasteiger partial charge in [-0.3, -0.25) is 9.78 Å². The standard InChI is InChI=1S/C26H25F3N2O3/c1-17(24-11-10-21(14-30-24)34-16-26(27,28)29)31-25(32)23-13-22(23)19-8-5-9-20(12-19)33-15-18-6-3-2-4-7-18/h2-12,14,17,22-23H,13,15-16H2,1H3,(H,31,32)/t17-,22+,23-/m0/s1. The van der Waals surface area contributed by atoms with Gasteiger partial charge in [-0.1, -0.05) is 42.5 Å². The summed E-state index contributed by atoms with van der Waals surface area (Å²) < 4.78 is 47.3. The van der Waals surface area contributed by atoms with Crippen LogP contribution in [-0.2, 0) is 11.4 Å². The number of carbonyl (C=O) groups is 1. The van der Waals surface area contributed by atoms with Crippen LogP contribution < -0.4 is 14.8 Å². The molecule has 34 heavy (non-hydrogen) atoms. The number of benzene rings is 2. The Morgan fingerprint density at radius 2 is 1.85 bits per heavy atom. The van der Waals surface area contributed by atoms with Gasteiger partial charge < -0.3 is 14.8 Å². The first kappa shape index (κ1) is 23.6. The fourth-order valence-corrected chi connectivity index (χ4v) is 3.72. The van der Waals surface area contributed by atoms with Crippen LogP contribution in [0.2, 0.25) is 0 Å². The Labute approximate surface area is 195 Å². The van der Waals surface area contributed by atoms with Crippen molar-refractivity contribution in [3.05, 3.63) is 89.7 Å². The predicted molar refractivity (Wildman–Crippen MR) is 120 cm³/mol. The van der Waals surface area contributed by atoms with Gasteiger partial charge >= 0.3 is 6.18 Å². The summed E-state index contributed by atoms with van der Waals surface area (Å²) in [5, 5.41) is 2.94. The van der Waals surface area contributed by atoms with E-state index in [0.29, 0.717) is 12.3 Å². The third kappa shape index (κ3) is 6.50. The number of halogens is 3. The smallest absolute Gasteiger partial charge is 0.422 e. The van der Waals surface area contributed by atoms with Crippen molar-refractivity contribution in [2.24, 2.45) is 5.92 Å². The average Bonchev–Trinajstić information content (AvgIpc) is 3.63. The molecule has 1 amide bonds. The second-order valence-electron chi connectivity index (χ2n) is 8.35. The van der Waals surface area contributed by atoms with Crippen LogP contribution in [0.3, 0.4) is 0 Å². The van der Waals surface area contributed by atoms with E-state index in [1.54, 1.807) is 13.0 Å². The van der Waals surface area contributed by atoms with E-state index in [-0.39, 0.29) is 29.5 Å². The van der Waals surface area contributed by atoms with Crippen molar-refractivity contribution < 1.29 is 27.4 Å². The third-order valence-corrected chi connectivity index (χ3v) is 5.63. The van der Waals surface area contributed by atoms with Crippen molar-refractivity contribution >= 4 is 5.91 Å². The molecular formula is C26H25F3N2O3. The van der Waals surface area contributed by atoms with Crippen LogP contribution >= 0.6 is 0 Å². The maximum atomic E-state index is 12.7. The molecule has 1 aliphatic carbocycles. The van der Waals surface area contributed by atoms with Crippen molar-refractivity contribution in [2.45, 2.75) is 38.1 Å². The molecule has 0 bridgehead atoms. The lowest BCUT2D eigenvalue weighted by Gasteiger charge is -2.15. The van der Waals surface area contributed by atoms with Gasteiger partial charge in [0.2, 0.25) is 5.91 Å². The SMILES string of the molecule is C[C@H](NC(=O)[C@H]1C[C@@H]1c1cccc(OCc2ccccc2)c1)c1ccc(OCC(F)(F)F)cn1. The van der Waals surface area contributed by atoms with E-state index >= 15 is 0 Å². The van der Waals surface area contributed by atoms with Gasteiger partial charge in [0.25, 0.3) is 0 Å². The minimum atomic E-state index is -4.41. The Balaban J connectivity index is 1.28. The van der Waals surface area contributed by atoms with Crippen molar-refractivity contribution in [3.8, 4) is 11.5 Å². The molecule has 1 aromatic heterocycles. The van der Waals surface area contributed by atoms with Crippen molar-refractivity contribution in [3.63, 3.8) is 0 Å². The molecule has 0 unspecified atom stereocenters. The van der Waals surface area contributed by atoms with Crippen LogP contribution in [0.15, 0.2) is 72.9 Å². The average molecular weight is 470 g/mol. The number of rotatable bonds is 9. The number of nitrogens with zero attached hydrogens (tertiary/aromatic N) is 1. The zero-order valence-corrected chi connectivity index (χ0v) is 18.6. The van der Waals surface area contributed by atoms with Crippen molar-refractivity contribution in [1.29, 1.82) is 0 Å². The van der Waals surface area contributed by atoms with Gasteiger partial charge in [0, 0.05) is 5.92 Å². The second-order valence-corrected chi connectivity index (χ2v) is 8.35. The molecule has 1 fully saturated rings. The zero-order valence-electron chi connectivity index (χ0n) is 18.6. The van der Waals surface area contributed by atoms with Crippen LogP contribution in [0.5, 0.6) is 11.5 Å². The summed E-state index contributed by atoms with van der Waals surface area (Å²) in [4.78, 5) is 16.9. The Kier molecular flexibility index (Phi) is 7.05. The number of carbonyl (C=O) groups excluding carboxylic acids is 1. The molecule has 4 rings (SSSR count). The van der Waals surface area contributed by atoms with Gasteiger partial charge in [-0.05, 0) is 54.7 Å². The highest BCUT2D eigenvalue weighted by Gasteiger charge is 2.44. The molecule has 0 aliphatic heterocycles. The summed E-state index contributed by atoms with van der Waals surface area (Å²) in [6.07, 6.45) is -2.43. The quantitative estimate of drug-likeness (QED) is 0.443. The molecule has 1 saturated carbocycles. The first-order valence-electron chi connectivity index (χ1n) is 11.0. The Morgan fingerprint density at radius 1 is 1.06 bits per heavy atom. The lowest BCUT2D eigenvalue weighted by atomic mass is 10.1. The van der Waals surface area contributed by atoms with E-state index in [2.05, 4.69) is 15.0 Å². The number of amides is 1. The molecule has 178 valence electrons. The van der Waals surface area contributed by atoms with E-state index in [9.17, 15) is 18.0 Å².